The molecule has 1 atom stereocenters. The number of aromatic nitrogens is 3. The highest BCUT2D eigenvalue weighted by Gasteiger charge is 2.24. The standard InChI is InChI=1S/C36H39FN6O/c1-41(35(44)29-9-3-2-4-10-29)26-30(28-13-15-31(37)16-14-28)17-21-42-22-18-32(19-23-42)39-36-40-33-11-5-6-12-34(33)43(36)25-27-8-7-20-38-24-27/h2-16,20,24,30,32H,17-19,21-23,25-26H2,1H3,(H,39,40). The number of nitrogens with zero attached hydrogens (tertiary/aromatic N) is 5. The predicted molar refractivity (Wildman–Crippen MR) is 173 cm³/mol. The molecule has 1 amide bonds. The Morgan fingerprint density at radius 3 is 2.48 bits per heavy atom. The molecule has 0 saturated carbocycles. The minimum Gasteiger partial charge on any atom is -0.353 e. The first kappa shape index (κ1) is 29.5. The minimum atomic E-state index is -0.246. The van der Waals surface area contributed by atoms with E-state index in [2.05, 4.69) is 44.0 Å². The maximum absolute atomic E-state index is 13.7. The summed E-state index contributed by atoms with van der Waals surface area (Å²) < 4.78 is 16.0. The molecule has 0 radical (unpaired) electrons. The van der Waals surface area contributed by atoms with Gasteiger partial charge in [0.15, 0.2) is 0 Å². The number of hydrogen-bond donors (Lipinski definition) is 1. The van der Waals surface area contributed by atoms with Crippen molar-refractivity contribution in [3.8, 4) is 0 Å². The van der Waals surface area contributed by atoms with E-state index in [4.69, 9.17) is 4.98 Å². The third-order valence-electron chi connectivity index (χ3n) is 8.64. The maximum atomic E-state index is 13.7. The number of halogens is 1. The molecule has 44 heavy (non-hydrogen) atoms. The summed E-state index contributed by atoms with van der Waals surface area (Å²) in [6.45, 7) is 4.17. The average molecular weight is 591 g/mol. The number of pyridine rings is 1. The van der Waals surface area contributed by atoms with Gasteiger partial charge in [-0.15, -0.1) is 0 Å². The van der Waals surface area contributed by atoms with Crippen molar-refractivity contribution in [3.63, 3.8) is 0 Å². The van der Waals surface area contributed by atoms with E-state index in [0.29, 0.717) is 24.7 Å². The van der Waals surface area contributed by atoms with Crippen molar-refractivity contribution in [2.45, 2.75) is 37.8 Å². The fourth-order valence-electron chi connectivity index (χ4n) is 6.15. The minimum absolute atomic E-state index is 0.000788. The highest BCUT2D eigenvalue weighted by atomic mass is 19.1. The summed E-state index contributed by atoms with van der Waals surface area (Å²) in [5, 5.41) is 3.75. The number of fused-ring (bicyclic) bond motifs is 1. The lowest BCUT2D eigenvalue weighted by Gasteiger charge is -2.34. The highest BCUT2D eigenvalue weighted by molar-refractivity contribution is 5.94. The van der Waals surface area contributed by atoms with Gasteiger partial charge >= 0.3 is 0 Å². The zero-order valence-corrected chi connectivity index (χ0v) is 25.1. The van der Waals surface area contributed by atoms with Gasteiger partial charge in [0.05, 0.1) is 17.6 Å². The highest BCUT2D eigenvalue weighted by Crippen LogP contribution is 2.26. The molecular formula is C36H39FN6O. The predicted octanol–water partition coefficient (Wildman–Crippen LogP) is 6.44. The summed E-state index contributed by atoms with van der Waals surface area (Å²) in [5.74, 6) is 0.761. The molecule has 6 rings (SSSR count). The summed E-state index contributed by atoms with van der Waals surface area (Å²) in [6, 6.07) is 28.8. The summed E-state index contributed by atoms with van der Waals surface area (Å²) in [5.41, 5.74) is 4.97. The SMILES string of the molecule is CN(CC(CCN1CCC(Nc2nc3ccccc3n2Cc2cccnc2)CC1)c1ccc(F)cc1)C(=O)c1ccccc1. The Morgan fingerprint density at radius 2 is 1.73 bits per heavy atom. The van der Waals surface area contributed by atoms with Crippen LogP contribution >= 0.6 is 0 Å². The van der Waals surface area contributed by atoms with Crippen LogP contribution in [0.4, 0.5) is 10.3 Å². The van der Waals surface area contributed by atoms with Gasteiger partial charge in [0, 0.05) is 56.6 Å². The largest absolute Gasteiger partial charge is 0.353 e. The molecule has 1 N–H and O–H groups in total. The number of imidazole rings is 1. The van der Waals surface area contributed by atoms with Crippen molar-refractivity contribution in [1.82, 2.24) is 24.3 Å². The van der Waals surface area contributed by atoms with Crippen LogP contribution in [0.3, 0.4) is 0 Å². The van der Waals surface area contributed by atoms with E-state index >= 15 is 0 Å². The molecule has 1 saturated heterocycles. The second kappa shape index (κ2) is 13.8. The van der Waals surface area contributed by atoms with E-state index in [9.17, 15) is 9.18 Å². The second-order valence-corrected chi connectivity index (χ2v) is 11.7. The first-order valence-electron chi connectivity index (χ1n) is 15.4. The molecule has 3 heterocycles. The number of piperidine rings is 1. The molecule has 3 aromatic carbocycles. The third kappa shape index (κ3) is 7.14. The first-order valence-corrected chi connectivity index (χ1v) is 15.4. The van der Waals surface area contributed by atoms with Gasteiger partial charge in [-0.25, -0.2) is 9.37 Å². The van der Waals surface area contributed by atoms with E-state index < -0.39 is 0 Å². The topological polar surface area (TPSA) is 66.3 Å². The van der Waals surface area contributed by atoms with E-state index in [1.807, 2.05) is 67.8 Å². The lowest BCUT2D eigenvalue weighted by molar-refractivity contribution is 0.0782. The van der Waals surface area contributed by atoms with Crippen LogP contribution in [0.1, 0.15) is 46.7 Å². The van der Waals surface area contributed by atoms with Gasteiger partial charge in [-0.05, 0) is 79.4 Å². The van der Waals surface area contributed by atoms with Gasteiger partial charge in [0.25, 0.3) is 5.91 Å². The fraction of sp³-hybridized carbons (Fsp3) is 0.306. The molecular weight excluding hydrogens is 551 g/mol. The van der Waals surface area contributed by atoms with Crippen molar-refractivity contribution in [3.05, 3.63) is 126 Å². The van der Waals surface area contributed by atoms with Crippen molar-refractivity contribution < 1.29 is 9.18 Å². The number of para-hydroxylation sites is 2. The van der Waals surface area contributed by atoms with Gasteiger partial charge in [0.2, 0.25) is 5.95 Å². The van der Waals surface area contributed by atoms with Gasteiger partial charge in [-0.3, -0.25) is 9.78 Å². The number of amides is 1. The number of likely N-dealkylation sites (tertiary alicyclic amines) is 1. The van der Waals surface area contributed by atoms with E-state index in [-0.39, 0.29) is 17.6 Å². The number of hydrogen-bond acceptors (Lipinski definition) is 5. The van der Waals surface area contributed by atoms with Crippen molar-refractivity contribution >= 4 is 22.9 Å². The van der Waals surface area contributed by atoms with Crippen LogP contribution in [0.2, 0.25) is 0 Å². The van der Waals surface area contributed by atoms with Crippen LogP contribution < -0.4 is 5.32 Å². The quantitative estimate of drug-likeness (QED) is 0.192. The Kier molecular flexibility index (Phi) is 9.27. The van der Waals surface area contributed by atoms with Crippen LogP contribution in [0.5, 0.6) is 0 Å². The lowest BCUT2D eigenvalue weighted by atomic mass is 9.94. The molecule has 0 aliphatic carbocycles. The number of likely N-dealkylation sites (N-methyl/N-ethyl adjacent to an activating group) is 1. The zero-order chi connectivity index (χ0) is 30.3. The Morgan fingerprint density at radius 1 is 0.977 bits per heavy atom. The fourth-order valence-corrected chi connectivity index (χ4v) is 6.15. The summed E-state index contributed by atoms with van der Waals surface area (Å²) in [6.07, 6.45) is 6.63. The van der Waals surface area contributed by atoms with Crippen LogP contribution in [-0.4, -0.2) is 69.5 Å². The molecule has 0 bridgehead atoms. The number of benzene rings is 3. The monoisotopic (exact) mass is 590 g/mol. The van der Waals surface area contributed by atoms with Crippen LogP contribution in [0, 0.1) is 5.82 Å². The molecule has 7 nitrogen and oxygen atoms in total. The summed E-state index contributed by atoms with van der Waals surface area (Å²) in [7, 11) is 1.85. The van der Waals surface area contributed by atoms with Gasteiger partial charge in [-0.1, -0.05) is 48.5 Å². The van der Waals surface area contributed by atoms with Gasteiger partial charge in [-0.2, -0.15) is 0 Å². The summed E-state index contributed by atoms with van der Waals surface area (Å²) >= 11 is 0. The zero-order valence-electron chi connectivity index (χ0n) is 25.1. The molecule has 1 fully saturated rings. The summed E-state index contributed by atoms with van der Waals surface area (Å²) in [4.78, 5) is 26.6. The molecule has 5 aromatic rings. The average Bonchev–Trinajstić information content (AvgIpc) is 3.40. The van der Waals surface area contributed by atoms with Crippen molar-refractivity contribution in [2.75, 3.05) is 38.5 Å². The Bertz CT molecular complexity index is 1650. The molecule has 8 heteroatoms. The first-order chi connectivity index (χ1) is 21.5. The molecule has 1 unspecified atom stereocenters. The Labute approximate surface area is 258 Å². The number of carbonyl (C=O) groups is 1. The van der Waals surface area contributed by atoms with E-state index in [1.165, 1.54) is 12.1 Å². The lowest BCUT2D eigenvalue weighted by Crippen LogP contribution is -2.40. The maximum Gasteiger partial charge on any atom is 0.253 e. The van der Waals surface area contributed by atoms with Crippen LogP contribution in [0.15, 0.2) is 103 Å². The number of carbonyl (C=O) groups excluding carboxylic acids is 1. The molecule has 226 valence electrons. The molecule has 2 aromatic heterocycles. The number of nitrogens with one attached hydrogen (secondary N) is 1. The van der Waals surface area contributed by atoms with Gasteiger partial charge < -0.3 is 19.7 Å². The smallest absolute Gasteiger partial charge is 0.253 e. The van der Waals surface area contributed by atoms with Crippen molar-refractivity contribution in [2.24, 2.45) is 0 Å². The Balaban J connectivity index is 1.08. The van der Waals surface area contributed by atoms with Crippen LogP contribution in [-0.2, 0) is 6.54 Å². The van der Waals surface area contributed by atoms with Crippen LogP contribution in [0.25, 0.3) is 11.0 Å². The molecule has 1 aliphatic heterocycles. The van der Waals surface area contributed by atoms with Crippen molar-refractivity contribution in [1.29, 1.82) is 0 Å². The number of anilines is 1. The second-order valence-electron chi connectivity index (χ2n) is 11.7. The van der Waals surface area contributed by atoms with Gasteiger partial charge in [0.1, 0.15) is 5.82 Å². The van der Waals surface area contributed by atoms with E-state index in [0.717, 1.165) is 67.0 Å². The van der Waals surface area contributed by atoms with E-state index in [1.54, 1.807) is 11.1 Å². The molecule has 0 spiro atoms. The third-order valence-corrected chi connectivity index (χ3v) is 8.64. The Hall–Kier alpha value is -4.56. The normalized spacial score (nSPS) is 14.9. The molecule has 1 aliphatic rings. The number of rotatable bonds is 11.